The van der Waals surface area contributed by atoms with Gasteiger partial charge in [0.05, 0.1) is 12.4 Å². The summed E-state index contributed by atoms with van der Waals surface area (Å²) in [6.07, 6.45) is 5.08. The molecule has 82 valence electrons. The van der Waals surface area contributed by atoms with Crippen LogP contribution in [0.1, 0.15) is 19.0 Å². The van der Waals surface area contributed by atoms with Crippen LogP contribution in [-0.4, -0.2) is 34.5 Å². The minimum absolute atomic E-state index is 0.0781. The van der Waals surface area contributed by atoms with Crippen LogP contribution < -0.4 is 10.6 Å². The van der Waals surface area contributed by atoms with Gasteiger partial charge in [0.15, 0.2) is 0 Å². The summed E-state index contributed by atoms with van der Waals surface area (Å²) < 4.78 is 0. The molecule has 0 bridgehead atoms. The molecule has 1 aromatic rings. The van der Waals surface area contributed by atoms with Crippen LogP contribution in [0, 0.1) is 0 Å². The lowest BCUT2D eigenvalue weighted by Gasteiger charge is -2.30. The number of aromatic amines is 1. The first-order valence-corrected chi connectivity index (χ1v) is 5.30. The van der Waals surface area contributed by atoms with Gasteiger partial charge in [0.2, 0.25) is 5.91 Å². The average molecular weight is 208 g/mol. The summed E-state index contributed by atoms with van der Waals surface area (Å²) in [6.45, 7) is 2.84. The van der Waals surface area contributed by atoms with E-state index in [1.165, 1.54) is 0 Å². The number of imidazole rings is 1. The largest absolute Gasteiger partial charge is 0.353 e. The molecule has 1 aliphatic rings. The molecule has 0 aliphatic carbocycles. The van der Waals surface area contributed by atoms with E-state index in [0.29, 0.717) is 12.5 Å². The van der Waals surface area contributed by atoms with Gasteiger partial charge in [0, 0.05) is 30.9 Å². The minimum atomic E-state index is -0.135. The molecule has 2 rings (SSSR count). The fourth-order valence-electron chi connectivity index (χ4n) is 1.80. The molecule has 1 fully saturated rings. The molecular weight excluding hydrogens is 192 g/mol. The van der Waals surface area contributed by atoms with Crippen LogP contribution in [0.15, 0.2) is 12.5 Å². The first-order chi connectivity index (χ1) is 7.29. The van der Waals surface area contributed by atoms with E-state index in [1.54, 1.807) is 12.5 Å². The Hall–Kier alpha value is -1.36. The summed E-state index contributed by atoms with van der Waals surface area (Å²) >= 11 is 0. The first kappa shape index (κ1) is 10.2. The van der Waals surface area contributed by atoms with Crippen molar-refractivity contribution in [2.45, 2.75) is 31.8 Å². The molecule has 1 unspecified atom stereocenters. The molecule has 5 nitrogen and oxygen atoms in total. The Bertz CT molecular complexity index is 322. The standard InChI is InChI=1S/C10H16N4O/c1-2-7-5-12-10(15)9(14-7)3-8-4-11-6-13-8/h4,6-7,9,14H,2-3,5H2,1H3,(H,11,13)(H,12,15)/t7?,9-/m1/s1. The molecule has 1 aliphatic heterocycles. The number of nitrogens with zero attached hydrogens (tertiary/aromatic N) is 1. The van der Waals surface area contributed by atoms with Crippen LogP contribution in [0.3, 0.4) is 0 Å². The third-order valence-electron chi connectivity index (χ3n) is 2.75. The minimum Gasteiger partial charge on any atom is -0.353 e. The highest BCUT2D eigenvalue weighted by molar-refractivity contribution is 5.82. The normalized spacial score (nSPS) is 26.3. The van der Waals surface area contributed by atoms with E-state index in [-0.39, 0.29) is 11.9 Å². The van der Waals surface area contributed by atoms with Gasteiger partial charge in [-0.25, -0.2) is 4.98 Å². The fraction of sp³-hybridized carbons (Fsp3) is 0.600. The van der Waals surface area contributed by atoms with Gasteiger partial charge in [-0.2, -0.15) is 0 Å². The number of amides is 1. The van der Waals surface area contributed by atoms with Gasteiger partial charge in [-0.05, 0) is 6.42 Å². The molecule has 2 heterocycles. The molecule has 15 heavy (non-hydrogen) atoms. The number of piperazine rings is 1. The third kappa shape index (κ3) is 2.36. The zero-order valence-electron chi connectivity index (χ0n) is 8.79. The van der Waals surface area contributed by atoms with Gasteiger partial charge in [-0.15, -0.1) is 0 Å². The van der Waals surface area contributed by atoms with Crippen LogP contribution in [0.2, 0.25) is 0 Å². The molecule has 1 aromatic heterocycles. The number of hydrogen-bond acceptors (Lipinski definition) is 3. The van der Waals surface area contributed by atoms with Gasteiger partial charge in [0.25, 0.3) is 0 Å². The zero-order valence-corrected chi connectivity index (χ0v) is 8.79. The maximum Gasteiger partial charge on any atom is 0.237 e. The van der Waals surface area contributed by atoms with Crippen molar-refractivity contribution in [3.8, 4) is 0 Å². The van der Waals surface area contributed by atoms with Crippen LogP contribution in [0.25, 0.3) is 0 Å². The fourth-order valence-corrected chi connectivity index (χ4v) is 1.80. The van der Waals surface area contributed by atoms with Crippen LogP contribution in [0.4, 0.5) is 0 Å². The maximum absolute atomic E-state index is 11.6. The Labute approximate surface area is 88.7 Å². The summed E-state index contributed by atoms with van der Waals surface area (Å²) in [5, 5.41) is 6.24. The molecule has 3 N–H and O–H groups in total. The lowest BCUT2D eigenvalue weighted by molar-refractivity contribution is -0.125. The number of H-pyrrole nitrogens is 1. The highest BCUT2D eigenvalue weighted by Gasteiger charge is 2.26. The van der Waals surface area contributed by atoms with Gasteiger partial charge in [-0.3, -0.25) is 4.79 Å². The molecule has 1 saturated heterocycles. The Morgan fingerprint density at radius 1 is 1.60 bits per heavy atom. The molecule has 2 atom stereocenters. The summed E-state index contributed by atoms with van der Waals surface area (Å²) in [4.78, 5) is 18.5. The maximum atomic E-state index is 11.6. The first-order valence-electron chi connectivity index (χ1n) is 5.30. The monoisotopic (exact) mass is 208 g/mol. The highest BCUT2D eigenvalue weighted by atomic mass is 16.2. The Kier molecular flexibility index (Phi) is 3.01. The molecule has 0 radical (unpaired) electrons. The van der Waals surface area contributed by atoms with Crippen LogP contribution in [0.5, 0.6) is 0 Å². The molecule has 0 saturated carbocycles. The molecule has 0 spiro atoms. The van der Waals surface area contributed by atoms with E-state index in [9.17, 15) is 4.79 Å². The number of rotatable bonds is 3. The second-order valence-electron chi connectivity index (χ2n) is 3.85. The number of hydrogen-bond donors (Lipinski definition) is 3. The van der Waals surface area contributed by atoms with E-state index in [4.69, 9.17) is 0 Å². The predicted molar refractivity (Wildman–Crippen MR) is 56.3 cm³/mol. The number of carbonyl (C=O) groups excluding carboxylic acids is 1. The van der Waals surface area contributed by atoms with Crippen molar-refractivity contribution >= 4 is 5.91 Å². The Morgan fingerprint density at radius 2 is 2.47 bits per heavy atom. The summed E-state index contributed by atoms with van der Waals surface area (Å²) in [7, 11) is 0. The topological polar surface area (TPSA) is 69.8 Å². The highest BCUT2D eigenvalue weighted by Crippen LogP contribution is 2.05. The molecular formula is C10H16N4O. The average Bonchev–Trinajstić information content (AvgIpc) is 2.74. The van der Waals surface area contributed by atoms with Crippen molar-refractivity contribution in [3.05, 3.63) is 18.2 Å². The van der Waals surface area contributed by atoms with Crippen LogP contribution in [-0.2, 0) is 11.2 Å². The van der Waals surface area contributed by atoms with Crippen molar-refractivity contribution in [1.82, 2.24) is 20.6 Å². The van der Waals surface area contributed by atoms with Gasteiger partial charge < -0.3 is 15.6 Å². The van der Waals surface area contributed by atoms with E-state index in [0.717, 1.165) is 18.7 Å². The second-order valence-corrected chi connectivity index (χ2v) is 3.85. The predicted octanol–water partition coefficient (Wildman–Crippen LogP) is -0.181. The number of carbonyl (C=O) groups is 1. The van der Waals surface area contributed by atoms with Gasteiger partial charge in [0.1, 0.15) is 0 Å². The van der Waals surface area contributed by atoms with Crippen molar-refractivity contribution in [3.63, 3.8) is 0 Å². The van der Waals surface area contributed by atoms with Gasteiger partial charge >= 0.3 is 0 Å². The van der Waals surface area contributed by atoms with Crippen molar-refractivity contribution < 1.29 is 4.79 Å². The summed E-state index contributed by atoms with van der Waals surface area (Å²) in [6, 6.07) is 0.250. The SMILES string of the molecule is CCC1CNC(=O)[C@@H](Cc2cnc[nH]2)N1. The lowest BCUT2D eigenvalue weighted by atomic mass is 10.1. The molecule has 1 amide bonds. The lowest BCUT2D eigenvalue weighted by Crippen LogP contribution is -2.58. The van der Waals surface area contributed by atoms with E-state index in [2.05, 4.69) is 27.5 Å². The zero-order chi connectivity index (χ0) is 10.7. The Morgan fingerprint density at radius 3 is 3.13 bits per heavy atom. The number of nitrogens with one attached hydrogen (secondary N) is 3. The van der Waals surface area contributed by atoms with E-state index < -0.39 is 0 Å². The molecule has 0 aromatic carbocycles. The van der Waals surface area contributed by atoms with Crippen molar-refractivity contribution in [2.75, 3.05) is 6.54 Å². The second kappa shape index (κ2) is 4.44. The summed E-state index contributed by atoms with van der Waals surface area (Å²) in [5.41, 5.74) is 0.986. The smallest absolute Gasteiger partial charge is 0.237 e. The van der Waals surface area contributed by atoms with Gasteiger partial charge in [-0.1, -0.05) is 6.92 Å². The molecule has 5 heteroatoms. The third-order valence-corrected chi connectivity index (χ3v) is 2.75. The van der Waals surface area contributed by atoms with Crippen molar-refractivity contribution in [1.29, 1.82) is 0 Å². The quantitative estimate of drug-likeness (QED) is 0.645. The number of aromatic nitrogens is 2. The van der Waals surface area contributed by atoms with Crippen LogP contribution >= 0.6 is 0 Å². The van der Waals surface area contributed by atoms with E-state index in [1.807, 2.05) is 0 Å². The van der Waals surface area contributed by atoms with E-state index >= 15 is 0 Å². The Balaban J connectivity index is 1.97. The van der Waals surface area contributed by atoms with Crippen molar-refractivity contribution in [2.24, 2.45) is 0 Å². The summed E-state index contributed by atoms with van der Waals surface area (Å²) in [5.74, 6) is 0.0781.